The van der Waals surface area contributed by atoms with Gasteiger partial charge < -0.3 is 25.0 Å². The number of nitrogens with one attached hydrogen (secondary N) is 1. The molecule has 1 heterocycles. The fraction of sp³-hybridized carbons (Fsp3) is 0.429. The fourth-order valence-corrected chi connectivity index (χ4v) is 1.92. The molecule has 0 saturated carbocycles. The highest BCUT2D eigenvalue weighted by Crippen LogP contribution is 2.30. The number of carboxylic acid groups (broad SMARTS) is 1. The number of carbonyl (C=O) groups excluding carboxylic acids is 1. The largest absolute Gasteiger partial charge is 0.490 e. The fourth-order valence-electron chi connectivity index (χ4n) is 1.92. The van der Waals surface area contributed by atoms with Gasteiger partial charge in [-0.25, -0.2) is 4.79 Å². The van der Waals surface area contributed by atoms with E-state index in [-0.39, 0.29) is 5.56 Å². The Balaban J connectivity index is 2.16. The van der Waals surface area contributed by atoms with Gasteiger partial charge in [-0.05, 0) is 25.1 Å². The summed E-state index contributed by atoms with van der Waals surface area (Å²) in [5, 5.41) is 20.6. The Bertz CT molecular complexity index is 542. The second-order valence-corrected chi connectivity index (χ2v) is 4.74. The van der Waals surface area contributed by atoms with Crippen LogP contribution < -0.4 is 14.8 Å². The number of aliphatic hydroxyl groups is 1. The van der Waals surface area contributed by atoms with Crippen molar-refractivity contribution in [2.75, 3.05) is 13.2 Å². The number of ether oxygens (including phenoxy) is 2. The third-order valence-corrected chi connectivity index (χ3v) is 3.04. The zero-order chi connectivity index (χ0) is 15.4. The van der Waals surface area contributed by atoms with Crippen LogP contribution in [0.15, 0.2) is 18.2 Å². The summed E-state index contributed by atoms with van der Waals surface area (Å²) < 4.78 is 10.9. The van der Waals surface area contributed by atoms with E-state index in [9.17, 15) is 14.7 Å². The number of hydrogen-bond acceptors (Lipinski definition) is 5. The number of benzene rings is 1. The Morgan fingerprint density at radius 1 is 1.24 bits per heavy atom. The molecule has 1 amide bonds. The van der Waals surface area contributed by atoms with Crippen molar-refractivity contribution in [3.05, 3.63) is 23.8 Å². The highest BCUT2D eigenvalue weighted by Gasteiger charge is 2.26. The Labute approximate surface area is 121 Å². The molecule has 0 aliphatic carbocycles. The maximum absolute atomic E-state index is 12.1. The van der Waals surface area contributed by atoms with E-state index in [1.807, 2.05) is 0 Å². The monoisotopic (exact) mass is 295 g/mol. The van der Waals surface area contributed by atoms with Crippen LogP contribution in [0.4, 0.5) is 0 Å². The summed E-state index contributed by atoms with van der Waals surface area (Å²) >= 11 is 0. The van der Waals surface area contributed by atoms with Gasteiger partial charge in [-0.15, -0.1) is 0 Å². The number of rotatable bonds is 4. The van der Waals surface area contributed by atoms with Crippen molar-refractivity contribution in [1.29, 1.82) is 0 Å². The molecule has 0 spiro atoms. The normalized spacial score (nSPS) is 16.5. The molecule has 1 aliphatic rings. The van der Waals surface area contributed by atoms with E-state index >= 15 is 0 Å². The number of amides is 1. The van der Waals surface area contributed by atoms with Crippen LogP contribution in [0, 0.1) is 0 Å². The molecule has 7 heteroatoms. The lowest BCUT2D eigenvalue weighted by molar-refractivity contribution is -0.141. The van der Waals surface area contributed by atoms with Crippen LogP contribution in [-0.4, -0.2) is 47.4 Å². The molecule has 0 radical (unpaired) electrons. The zero-order valence-electron chi connectivity index (χ0n) is 11.5. The summed E-state index contributed by atoms with van der Waals surface area (Å²) in [6.45, 7) is 2.33. The van der Waals surface area contributed by atoms with Gasteiger partial charge in [0.15, 0.2) is 17.5 Å². The van der Waals surface area contributed by atoms with E-state index in [1.54, 1.807) is 6.07 Å². The van der Waals surface area contributed by atoms with Crippen molar-refractivity contribution in [3.8, 4) is 11.5 Å². The maximum atomic E-state index is 12.1. The Morgan fingerprint density at radius 3 is 2.52 bits per heavy atom. The summed E-state index contributed by atoms with van der Waals surface area (Å²) in [6.07, 6.45) is -0.453. The predicted octanol–water partition coefficient (Wildman–Crippen LogP) is 0.412. The van der Waals surface area contributed by atoms with Gasteiger partial charge >= 0.3 is 5.97 Å². The Hall–Kier alpha value is -2.28. The molecule has 2 rings (SSSR count). The van der Waals surface area contributed by atoms with Crippen molar-refractivity contribution in [2.45, 2.75) is 25.5 Å². The Morgan fingerprint density at radius 2 is 1.90 bits per heavy atom. The second-order valence-electron chi connectivity index (χ2n) is 4.74. The minimum Gasteiger partial charge on any atom is -0.490 e. The molecule has 1 aromatic rings. The van der Waals surface area contributed by atoms with Gasteiger partial charge in [-0.1, -0.05) is 0 Å². The molecular formula is C14H17NO6. The van der Waals surface area contributed by atoms with E-state index in [0.717, 1.165) is 6.42 Å². The van der Waals surface area contributed by atoms with Gasteiger partial charge in [0.05, 0.1) is 19.3 Å². The number of hydrogen-bond donors (Lipinski definition) is 3. The van der Waals surface area contributed by atoms with E-state index in [1.165, 1.54) is 19.1 Å². The third kappa shape index (κ3) is 3.63. The first kappa shape index (κ1) is 15.1. The van der Waals surface area contributed by atoms with Crippen LogP contribution in [0.25, 0.3) is 0 Å². The number of aliphatic carboxylic acids is 1. The molecule has 1 aliphatic heterocycles. The molecule has 0 fully saturated rings. The summed E-state index contributed by atoms with van der Waals surface area (Å²) in [5.74, 6) is -0.898. The molecule has 21 heavy (non-hydrogen) atoms. The van der Waals surface area contributed by atoms with Crippen LogP contribution in [0.2, 0.25) is 0 Å². The van der Waals surface area contributed by atoms with Gasteiger partial charge in [-0.3, -0.25) is 4.79 Å². The highest BCUT2D eigenvalue weighted by molar-refractivity contribution is 5.97. The van der Waals surface area contributed by atoms with Gasteiger partial charge in [0, 0.05) is 12.0 Å². The van der Waals surface area contributed by atoms with Crippen molar-refractivity contribution < 1.29 is 29.3 Å². The predicted molar refractivity (Wildman–Crippen MR) is 72.6 cm³/mol. The number of carbonyl (C=O) groups is 2. The van der Waals surface area contributed by atoms with Gasteiger partial charge in [0.2, 0.25) is 0 Å². The summed E-state index contributed by atoms with van der Waals surface area (Å²) in [5.41, 5.74) is 0.242. The minimum absolute atomic E-state index is 0.242. The Kier molecular flexibility index (Phi) is 4.64. The third-order valence-electron chi connectivity index (χ3n) is 3.04. The smallest absolute Gasteiger partial charge is 0.328 e. The van der Waals surface area contributed by atoms with Gasteiger partial charge in [0.1, 0.15) is 0 Å². The summed E-state index contributed by atoms with van der Waals surface area (Å²) in [4.78, 5) is 23.0. The first-order valence-electron chi connectivity index (χ1n) is 6.60. The molecule has 0 bridgehead atoms. The first-order chi connectivity index (χ1) is 9.99. The average molecular weight is 295 g/mol. The molecule has 0 unspecified atom stereocenters. The number of aliphatic hydroxyl groups excluding tert-OH is 1. The molecule has 3 N–H and O–H groups in total. The molecule has 7 nitrogen and oxygen atoms in total. The second kappa shape index (κ2) is 6.45. The topological polar surface area (TPSA) is 105 Å². The van der Waals surface area contributed by atoms with E-state index in [0.29, 0.717) is 24.7 Å². The lowest BCUT2D eigenvalue weighted by atomic mass is 10.1. The van der Waals surface area contributed by atoms with Crippen molar-refractivity contribution >= 4 is 11.9 Å². The maximum Gasteiger partial charge on any atom is 0.328 e. The number of fused-ring (bicyclic) bond motifs is 1. The number of carboxylic acids is 1. The van der Waals surface area contributed by atoms with Gasteiger partial charge in [-0.2, -0.15) is 0 Å². The summed E-state index contributed by atoms with van der Waals surface area (Å²) in [7, 11) is 0. The molecule has 0 aromatic heterocycles. The standard InChI is InChI=1S/C14H17NO6/c1-8(16)12(14(18)19)15-13(17)9-3-4-10-11(7-9)21-6-2-5-20-10/h3-4,7-8,12,16H,2,5-6H2,1H3,(H,15,17)(H,18,19)/t8-,12+/m1/s1. The molecule has 114 valence electrons. The SMILES string of the molecule is C[C@@H](O)[C@H](NC(=O)c1ccc2c(c1)OCCCO2)C(=O)O. The van der Waals surface area contributed by atoms with Crippen LogP contribution in [-0.2, 0) is 4.79 Å². The van der Waals surface area contributed by atoms with Gasteiger partial charge in [0.25, 0.3) is 5.91 Å². The van der Waals surface area contributed by atoms with Crippen molar-refractivity contribution in [1.82, 2.24) is 5.32 Å². The zero-order valence-corrected chi connectivity index (χ0v) is 11.5. The van der Waals surface area contributed by atoms with Crippen LogP contribution in [0.1, 0.15) is 23.7 Å². The first-order valence-corrected chi connectivity index (χ1v) is 6.60. The summed E-state index contributed by atoms with van der Waals surface area (Å²) in [6, 6.07) is 3.25. The van der Waals surface area contributed by atoms with E-state index < -0.39 is 24.0 Å². The average Bonchev–Trinajstić information content (AvgIpc) is 2.68. The van der Waals surface area contributed by atoms with Crippen LogP contribution >= 0.6 is 0 Å². The van der Waals surface area contributed by atoms with E-state index in [2.05, 4.69) is 5.32 Å². The minimum atomic E-state index is -1.37. The molecule has 2 atom stereocenters. The highest BCUT2D eigenvalue weighted by atomic mass is 16.5. The molecule has 0 saturated heterocycles. The molecule has 1 aromatic carbocycles. The quantitative estimate of drug-likeness (QED) is 0.743. The van der Waals surface area contributed by atoms with Crippen LogP contribution in [0.3, 0.4) is 0 Å². The van der Waals surface area contributed by atoms with Crippen molar-refractivity contribution in [2.24, 2.45) is 0 Å². The van der Waals surface area contributed by atoms with Crippen LogP contribution in [0.5, 0.6) is 11.5 Å². The molecular weight excluding hydrogens is 278 g/mol. The van der Waals surface area contributed by atoms with Crippen molar-refractivity contribution in [3.63, 3.8) is 0 Å². The lowest BCUT2D eigenvalue weighted by Crippen LogP contribution is -2.47. The van der Waals surface area contributed by atoms with E-state index in [4.69, 9.17) is 14.6 Å². The lowest BCUT2D eigenvalue weighted by Gasteiger charge is -2.17.